The second-order valence-corrected chi connectivity index (χ2v) is 1.91. The third-order valence-electron chi connectivity index (χ3n) is 0.236. The maximum atomic E-state index is 9.51. The molecule has 3 nitrogen and oxygen atoms in total. The molecule has 0 aromatic carbocycles. The van der Waals surface area contributed by atoms with Gasteiger partial charge in [0.05, 0.1) is 0 Å². The van der Waals surface area contributed by atoms with E-state index in [-0.39, 0.29) is 0 Å². The van der Waals surface area contributed by atoms with Crippen LogP contribution < -0.4 is 0 Å². The van der Waals surface area contributed by atoms with Gasteiger partial charge >= 0.3 is 0 Å². The van der Waals surface area contributed by atoms with Crippen molar-refractivity contribution >= 4 is 28.9 Å². The van der Waals surface area contributed by atoms with Crippen LogP contribution in [0, 0.1) is 5.53 Å². The lowest BCUT2D eigenvalue weighted by molar-refractivity contribution is -0.107. The molecule has 0 fully saturated rings. The number of nitrogens with one attached hydrogen (secondary N) is 1. The fourth-order valence-corrected chi connectivity index (χ4v) is 0.0304. The van der Waals surface area contributed by atoms with Crippen molar-refractivity contribution in [2.75, 3.05) is 0 Å². The maximum Gasteiger partial charge on any atom is 0.176 e. The van der Waals surface area contributed by atoms with Crippen molar-refractivity contribution in [2.24, 2.45) is 5.11 Å². The number of rotatable bonds is 2. The number of alkyl halides is 1. The van der Waals surface area contributed by atoms with Crippen molar-refractivity contribution in [3.05, 3.63) is 0 Å². The zero-order chi connectivity index (χ0) is 4.99. The van der Waals surface area contributed by atoms with E-state index in [0.29, 0.717) is 6.29 Å². The smallest absolute Gasteiger partial charge is 0.176 e. The average molecular weight is 198 g/mol. The Balaban J connectivity index is 3.21. The molecule has 0 saturated heterocycles. The van der Waals surface area contributed by atoms with E-state index in [1.165, 1.54) is 0 Å². The van der Waals surface area contributed by atoms with E-state index in [0.717, 1.165) is 0 Å². The van der Waals surface area contributed by atoms with Gasteiger partial charge in [-0.25, -0.2) is 5.53 Å². The zero-order valence-corrected chi connectivity index (χ0v) is 5.05. The Morgan fingerprint density at radius 3 is 2.50 bits per heavy atom. The summed E-state index contributed by atoms with van der Waals surface area (Å²) in [4.78, 5) is 9.51. The van der Waals surface area contributed by atoms with Gasteiger partial charge in [-0.15, -0.1) is 0 Å². The van der Waals surface area contributed by atoms with Gasteiger partial charge in [0.25, 0.3) is 0 Å². The summed E-state index contributed by atoms with van der Waals surface area (Å²) in [7, 11) is 0. The number of hydrogen-bond acceptors (Lipinski definition) is 3. The Bertz CT molecular complexity index is 56.6. The van der Waals surface area contributed by atoms with Crippen molar-refractivity contribution in [1.29, 1.82) is 5.53 Å². The van der Waals surface area contributed by atoms with Crippen LogP contribution in [0.15, 0.2) is 5.11 Å². The van der Waals surface area contributed by atoms with Crippen LogP contribution >= 0.6 is 22.6 Å². The Morgan fingerprint density at radius 2 is 2.50 bits per heavy atom. The van der Waals surface area contributed by atoms with Crippen LogP contribution in [0.3, 0.4) is 0 Å². The Labute approximate surface area is 48.8 Å². The Kier molecular flexibility index (Phi) is 3.20. The topological polar surface area (TPSA) is 53.3 Å². The van der Waals surface area contributed by atoms with Gasteiger partial charge in [0, 0.05) is 0 Å². The first-order valence-corrected chi connectivity index (χ1v) is 2.51. The van der Waals surface area contributed by atoms with Gasteiger partial charge in [0.15, 0.2) is 10.3 Å². The molecule has 0 radical (unpaired) electrons. The van der Waals surface area contributed by atoms with Crippen LogP contribution in [0.5, 0.6) is 0 Å². The molecule has 0 aliphatic heterocycles. The highest BCUT2D eigenvalue weighted by atomic mass is 127. The summed E-state index contributed by atoms with van der Waals surface area (Å²) >= 11 is 1.75. The first-order chi connectivity index (χ1) is 2.81. The quantitative estimate of drug-likeness (QED) is 0.232. The molecule has 1 unspecified atom stereocenters. The summed E-state index contributed by atoms with van der Waals surface area (Å²) in [6.45, 7) is 0. The van der Waals surface area contributed by atoms with Gasteiger partial charge in [-0.1, -0.05) is 0 Å². The van der Waals surface area contributed by atoms with Crippen LogP contribution in [0.25, 0.3) is 0 Å². The maximum absolute atomic E-state index is 9.51. The molecular formula is C2H3IN2O. The minimum Gasteiger partial charge on any atom is -0.300 e. The third-order valence-corrected chi connectivity index (χ3v) is 0.808. The molecule has 0 aromatic rings. The van der Waals surface area contributed by atoms with Gasteiger partial charge in [0.2, 0.25) is 0 Å². The van der Waals surface area contributed by atoms with Gasteiger partial charge in [-0.3, -0.25) is 4.79 Å². The number of carbonyl (C=O) groups is 1. The van der Waals surface area contributed by atoms with Crippen LogP contribution in [-0.2, 0) is 4.79 Å². The van der Waals surface area contributed by atoms with E-state index in [1.54, 1.807) is 22.6 Å². The number of nitrogens with zero attached hydrogens (tertiary/aromatic N) is 1. The van der Waals surface area contributed by atoms with E-state index < -0.39 is 4.05 Å². The Hall–Kier alpha value is -0.0000000000000000555. The SMILES string of the molecule is N=NC(I)C=O. The lowest BCUT2D eigenvalue weighted by Gasteiger charge is -1.79. The molecule has 6 heavy (non-hydrogen) atoms. The molecule has 1 N–H and O–H groups in total. The van der Waals surface area contributed by atoms with E-state index in [9.17, 15) is 4.79 Å². The minimum absolute atomic E-state index is 0.484. The normalized spacial score (nSPS) is 12.8. The molecule has 0 saturated carbocycles. The second-order valence-electron chi connectivity index (χ2n) is 0.638. The predicted molar refractivity (Wildman–Crippen MR) is 29.0 cm³/mol. The van der Waals surface area contributed by atoms with Crippen molar-refractivity contribution in [3.8, 4) is 0 Å². The van der Waals surface area contributed by atoms with Crippen molar-refractivity contribution in [3.63, 3.8) is 0 Å². The second kappa shape index (κ2) is 3.20. The summed E-state index contributed by atoms with van der Waals surface area (Å²) in [6.07, 6.45) is 0.605. The summed E-state index contributed by atoms with van der Waals surface area (Å²) in [6, 6.07) is 0. The average Bonchev–Trinajstić information content (AvgIpc) is 1.65. The molecular weight excluding hydrogens is 195 g/mol. The summed E-state index contributed by atoms with van der Waals surface area (Å²) < 4.78 is -0.484. The molecule has 0 rings (SSSR count). The monoisotopic (exact) mass is 198 g/mol. The van der Waals surface area contributed by atoms with Crippen molar-refractivity contribution < 1.29 is 4.79 Å². The van der Waals surface area contributed by atoms with E-state index in [2.05, 4.69) is 5.11 Å². The van der Waals surface area contributed by atoms with Crippen LogP contribution in [0.2, 0.25) is 0 Å². The summed E-state index contributed by atoms with van der Waals surface area (Å²) in [5.74, 6) is 0. The van der Waals surface area contributed by atoms with E-state index in [1.807, 2.05) is 0 Å². The minimum atomic E-state index is -0.484. The predicted octanol–water partition coefficient (Wildman–Crippen LogP) is 0.977. The lowest BCUT2D eigenvalue weighted by Crippen LogP contribution is -1.88. The molecule has 34 valence electrons. The zero-order valence-electron chi connectivity index (χ0n) is 2.89. The van der Waals surface area contributed by atoms with Gasteiger partial charge in [0.1, 0.15) is 0 Å². The van der Waals surface area contributed by atoms with Gasteiger partial charge < -0.3 is 0 Å². The highest BCUT2D eigenvalue weighted by Crippen LogP contribution is 1.93. The van der Waals surface area contributed by atoms with Crippen LogP contribution in [0.1, 0.15) is 0 Å². The van der Waals surface area contributed by atoms with E-state index in [4.69, 9.17) is 5.53 Å². The molecule has 0 heterocycles. The number of hydrogen-bond donors (Lipinski definition) is 1. The molecule has 4 heteroatoms. The standard InChI is InChI=1S/C2H3IN2O/c3-2(1-6)5-4/h1-2,4H. The summed E-state index contributed by atoms with van der Waals surface area (Å²) in [5, 5.41) is 2.88. The molecule has 0 aliphatic rings. The highest BCUT2D eigenvalue weighted by molar-refractivity contribution is 14.1. The number of carbonyl (C=O) groups excluding carboxylic acids is 1. The first-order valence-electron chi connectivity index (χ1n) is 1.27. The van der Waals surface area contributed by atoms with Crippen LogP contribution in [-0.4, -0.2) is 10.3 Å². The summed E-state index contributed by atoms with van der Waals surface area (Å²) in [5.41, 5.74) is 6.19. The molecule has 0 amide bonds. The number of halogens is 1. The fraction of sp³-hybridized carbons (Fsp3) is 0.500. The van der Waals surface area contributed by atoms with Gasteiger partial charge in [-0.2, -0.15) is 5.11 Å². The fourth-order valence-electron chi connectivity index (χ4n) is 0.0304. The first kappa shape index (κ1) is 6.00. The Morgan fingerprint density at radius 1 is 2.00 bits per heavy atom. The van der Waals surface area contributed by atoms with Gasteiger partial charge in [-0.05, 0) is 22.6 Å². The largest absolute Gasteiger partial charge is 0.300 e. The number of aldehydes is 1. The third kappa shape index (κ3) is 2.25. The highest BCUT2D eigenvalue weighted by Gasteiger charge is 1.90. The van der Waals surface area contributed by atoms with Crippen molar-refractivity contribution in [1.82, 2.24) is 0 Å². The molecule has 0 spiro atoms. The molecule has 0 aromatic heterocycles. The molecule has 0 aliphatic carbocycles. The van der Waals surface area contributed by atoms with Crippen LogP contribution in [0.4, 0.5) is 0 Å². The lowest BCUT2D eigenvalue weighted by atomic mass is 10.8. The molecule has 1 atom stereocenters. The molecule has 0 bridgehead atoms. The van der Waals surface area contributed by atoms with E-state index >= 15 is 0 Å². The van der Waals surface area contributed by atoms with Crippen molar-refractivity contribution in [2.45, 2.75) is 4.05 Å².